The van der Waals surface area contributed by atoms with Gasteiger partial charge in [-0.25, -0.2) is 0 Å². The van der Waals surface area contributed by atoms with Crippen LogP contribution in [0.5, 0.6) is 0 Å². The van der Waals surface area contributed by atoms with Crippen LogP contribution >= 0.6 is 0 Å². The highest BCUT2D eigenvalue weighted by atomic mass is 14.0. The summed E-state index contributed by atoms with van der Waals surface area (Å²) in [7, 11) is 0. The van der Waals surface area contributed by atoms with Gasteiger partial charge in [-0.1, -0.05) is 41.8 Å². The van der Waals surface area contributed by atoms with Crippen molar-refractivity contribution >= 4 is 0 Å². The Labute approximate surface area is 96.9 Å². The molecule has 0 spiro atoms. The summed E-state index contributed by atoms with van der Waals surface area (Å²) in [6, 6.07) is 14.7. The Bertz CT molecular complexity index is 556. The molecule has 0 heterocycles. The van der Waals surface area contributed by atoms with E-state index in [1.165, 1.54) is 22.3 Å². The van der Waals surface area contributed by atoms with Crippen molar-refractivity contribution in [1.29, 1.82) is 0 Å². The number of hydrogen-bond acceptors (Lipinski definition) is 0. The Balaban J connectivity index is 2.56. The molecular weight excluding hydrogens is 192 g/mol. The Hall–Kier alpha value is -2.00. The third kappa shape index (κ3) is 2.15. The highest BCUT2D eigenvalue weighted by Crippen LogP contribution is 2.22. The third-order valence-electron chi connectivity index (χ3n) is 2.60. The first kappa shape index (κ1) is 10.5. The summed E-state index contributed by atoms with van der Waals surface area (Å²) in [5.74, 6) is 2.69. The van der Waals surface area contributed by atoms with Gasteiger partial charge in [-0.3, -0.25) is 0 Å². The SMILES string of the molecule is C#Cc1cc(C)cc(-c2cccc(C)c2)c1. The lowest BCUT2D eigenvalue weighted by atomic mass is 9.99. The predicted molar refractivity (Wildman–Crippen MR) is 69.3 cm³/mol. The zero-order valence-electron chi connectivity index (χ0n) is 9.62. The zero-order valence-corrected chi connectivity index (χ0v) is 9.62. The van der Waals surface area contributed by atoms with E-state index in [4.69, 9.17) is 6.42 Å². The second-order valence-corrected chi connectivity index (χ2v) is 4.10. The smallest absolute Gasteiger partial charge is 0.0251 e. The minimum atomic E-state index is 0.941. The number of aryl methyl sites for hydroxylation is 2. The molecule has 78 valence electrons. The standard InChI is InChI=1S/C16H14/c1-4-14-8-13(3)10-16(11-14)15-7-5-6-12(2)9-15/h1,5-11H,2-3H3. The van der Waals surface area contributed by atoms with Crippen molar-refractivity contribution in [2.75, 3.05) is 0 Å². The molecule has 0 fully saturated rings. The summed E-state index contributed by atoms with van der Waals surface area (Å²) in [4.78, 5) is 0. The summed E-state index contributed by atoms with van der Waals surface area (Å²) in [5, 5.41) is 0. The van der Waals surface area contributed by atoms with Crippen LogP contribution in [0.2, 0.25) is 0 Å². The van der Waals surface area contributed by atoms with E-state index in [9.17, 15) is 0 Å². The minimum Gasteiger partial charge on any atom is -0.115 e. The molecule has 0 atom stereocenters. The topological polar surface area (TPSA) is 0 Å². The van der Waals surface area contributed by atoms with Gasteiger partial charge in [0.05, 0.1) is 0 Å². The van der Waals surface area contributed by atoms with Crippen LogP contribution in [-0.2, 0) is 0 Å². The molecule has 0 heteroatoms. The maximum absolute atomic E-state index is 5.45. The number of terminal acetylenes is 1. The summed E-state index contributed by atoms with van der Waals surface area (Å²) >= 11 is 0. The number of rotatable bonds is 1. The maximum Gasteiger partial charge on any atom is 0.0251 e. The van der Waals surface area contributed by atoms with Crippen molar-refractivity contribution < 1.29 is 0 Å². The fraction of sp³-hybridized carbons (Fsp3) is 0.125. The lowest BCUT2D eigenvalue weighted by Crippen LogP contribution is -1.84. The second-order valence-electron chi connectivity index (χ2n) is 4.10. The molecule has 2 aromatic rings. The first-order valence-corrected chi connectivity index (χ1v) is 5.34. The van der Waals surface area contributed by atoms with Crippen molar-refractivity contribution in [2.24, 2.45) is 0 Å². The highest BCUT2D eigenvalue weighted by molar-refractivity contribution is 5.67. The molecule has 0 bridgehead atoms. The quantitative estimate of drug-likeness (QED) is 0.620. The van der Waals surface area contributed by atoms with Gasteiger partial charge in [0.25, 0.3) is 0 Å². The van der Waals surface area contributed by atoms with E-state index in [0.29, 0.717) is 0 Å². The van der Waals surface area contributed by atoms with Crippen LogP contribution in [0.3, 0.4) is 0 Å². The lowest BCUT2D eigenvalue weighted by Gasteiger charge is -2.05. The van der Waals surface area contributed by atoms with E-state index in [1.54, 1.807) is 0 Å². The Kier molecular flexibility index (Phi) is 2.79. The molecule has 0 saturated carbocycles. The molecule has 0 nitrogen and oxygen atoms in total. The first-order valence-electron chi connectivity index (χ1n) is 5.34. The fourth-order valence-electron chi connectivity index (χ4n) is 1.86. The monoisotopic (exact) mass is 206 g/mol. The molecule has 0 radical (unpaired) electrons. The van der Waals surface area contributed by atoms with E-state index in [2.05, 4.69) is 56.2 Å². The van der Waals surface area contributed by atoms with Crippen LogP contribution in [0, 0.1) is 26.2 Å². The van der Waals surface area contributed by atoms with E-state index in [0.717, 1.165) is 5.56 Å². The Morgan fingerprint density at radius 2 is 1.62 bits per heavy atom. The van der Waals surface area contributed by atoms with Crippen LogP contribution in [0.15, 0.2) is 42.5 Å². The normalized spacial score (nSPS) is 9.81. The molecule has 0 unspecified atom stereocenters. The average molecular weight is 206 g/mol. The molecule has 0 amide bonds. The van der Waals surface area contributed by atoms with Gasteiger partial charge in [0, 0.05) is 5.56 Å². The van der Waals surface area contributed by atoms with E-state index >= 15 is 0 Å². The van der Waals surface area contributed by atoms with Crippen molar-refractivity contribution in [3.8, 4) is 23.5 Å². The minimum absolute atomic E-state index is 0.941. The lowest BCUT2D eigenvalue weighted by molar-refractivity contribution is 1.43. The van der Waals surface area contributed by atoms with Crippen LogP contribution in [-0.4, -0.2) is 0 Å². The van der Waals surface area contributed by atoms with Gasteiger partial charge >= 0.3 is 0 Å². The third-order valence-corrected chi connectivity index (χ3v) is 2.60. The summed E-state index contributed by atoms with van der Waals surface area (Å²) < 4.78 is 0. The molecule has 0 saturated heterocycles. The van der Waals surface area contributed by atoms with Crippen LogP contribution in [0.25, 0.3) is 11.1 Å². The molecule has 0 aliphatic rings. The van der Waals surface area contributed by atoms with Gasteiger partial charge in [0.1, 0.15) is 0 Å². The summed E-state index contributed by atoms with van der Waals surface area (Å²) in [6.07, 6.45) is 5.45. The van der Waals surface area contributed by atoms with Crippen molar-refractivity contribution in [3.05, 3.63) is 59.2 Å². The van der Waals surface area contributed by atoms with E-state index in [1.807, 2.05) is 6.07 Å². The molecule has 0 N–H and O–H groups in total. The summed E-state index contributed by atoms with van der Waals surface area (Å²) in [6.45, 7) is 4.17. The second kappa shape index (κ2) is 4.24. The molecule has 0 aromatic heterocycles. The molecule has 0 aliphatic carbocycles. The molecule has 2 aromatic carbocycles. The van der Waals surface area contributed by atoms with Gasteiger partial charge in [-0.2, -0.15) is 0 Å². The average Bonchev–Trinajstić information content (AvgIpc) is 2.28. The summed E-state index contributed by atoms with van der Waals surface area (Å²) in [5.41, 5.74) is 5.82. The van der Waals surface area contributed by atoms with E-state index < -0.39 is 0 Å². The van der Waals surface area contributed by atoms with Crippen molar-refractivity contribution in [2.45, 2.75) is 13.8 Å². The van der Waals surface area contributed by atoms with Gasteiger partial charge < -0.3 is 0 Å². The van der Waals surface area contributed by atoms with Crippen molar-refractivity contribution in [1.82, 2.24) is 0 Å². The molecule has 2 rings (SSSR count). The number of benzene rings is 2. The maximum atomic E-state index is 5.45. The van der Waals surface area contributed by atoms with Crippen molar-refractivity contribution in [3.63, 3.8) is 0 Å². The van der Waals surface area contributed by atoms with Gasteiger partial charge in [-0.05, 0) is 42.7 Å². The highest BCUT2D eigenvalue weighted by Gasteiger charge is 2.00. The zero-order chi connectivity index (χ0) is 11.5. The van der Waals surface area contributed by atoms with Gasteiger partial charge in [0.2, 0.25) is 0 Å². The predicted octanol–water partition coefficient (Wildman–Crippen LogP) is 3.95. The van der Waals surface area contributed by atoms with Gasteiger partial charge in [-0.15, -0.1) is 6.42 Å². The Morgan fingerprint density at radius 3 is 2.31 bits per heavy atom. The first-order chi connectivity index (χ1) is 7.69. The fourth-order valence-corrected chi connectivity index (χ4v) is 1.86. The van der Waals surface area contributed by atoms with Gasteiger partial charge in [0.15, 0.2) is 0 Å². The van der Waals surface area contributed by atoms with Crippen LogP contribution < -0.4 is 0 Å². The molecule has 16 heavy (non-hydrogen) atoms. The van der Waals surface area contributed by atoms with Crippen LogP contribution in [0.1, 0.15) is 16.7 Å². The van der Waals surface area contributed by atoms with E-state index in [-0.39, 0.29) is 0 Å². The Morgan fingerprint density at radius 1 is 0.875 bits per heavy atom. The molecular formula is C16H14. The number of hydrogen-bond donors (Lipinski definition) is 0. The van der Waals surface area contributed by atoms with Crippen LogP contribution in [0.4, 0.5) is 0 Å². The largest absolute Gasteiger partial charge is 0.115 e. The molecule has 0 aliphatic heterocycles.